The van der Waals surface area contributed by atoms with Crippen LogP contribution in [-0.2, 0) is 19.6 Å². The molecule has 0 fully saturated rings. The molecule has 0 bridgehead atoms. The van der Waals surface area contributed by atoms with Crippen molar-refractivity contribution in [2.24, 2.45) is 0 Å². The molecule has 0 heterocycles. The molecule has 0 saturated carbocycles. The molecule has 2 N–H and O–H groups in total. The first-order chi connectivity index (χ1) is 9.20. The smallest absolute Gasteiger partial charge is 0.306 e. The number of sulfonamides is 1. The number of methoxy groups -OCH3 is 1. The van der Waals surface area contributed by atoms with Gasteiger partial charge in [-0.15, -0.1) is 0 Å². The number of hydrogen-bond acceptors (Lipinski definition) is 5. The van der Waals surface area contributed by atoms with Crippen LogP contribution in [0.3, 0.4) is 0 Å². The van der Waals surface area contributed by atoms with Crippen LogP contribution >= 0.6 is 0 Å². The molecular formula is C11H14F2N2O4S. The van der Waals surface area contributed by atoms with E-state index in [1.165, 1.54) is 0 Å². The highest BCUT2D eigenvalue weighted by molar-refractivity contribution is 7.89. The highest BCUT2D eigenvalue weighted by Gasteiger charge is 2.27. The van der Waals surface area contributed by atoms with E-state index < -0.39 is 32.5 Å². The van der Waals surface area contributed by atoms with Crippen LogP contribution in [0.1, 0.15) is 6.42 Å². The molecule has 0 atom stereocenters. The van der Waals surface area contributed by atoms with Gasteiger partial charge in [-0.3, -0.25) is 4.79 Å². The minimum Gasteiger partial charge on any atom is -0.469 e. The van der Waals surface area contributed by atoms with Crippen LogP contribution in [0.25, 0.3) is 0 Å². The maximum atomic E-state index is 13.6. The number of esters is 1. The van der Waals surface area contributed by atoms with Crippen molar-refractivity contribution in [2.75, 3.05) is 26.4 Å². The van der Waals surface area contributed by atoms with Crippen molar-refractivity contribution in [3.8, 4) is 0 Å². The Bertz CT molecular complexity index is 619. The van der Waals surface area contributed by atoms with Crippen molar-refractivity contribution in [1.29, 1.82) is 0 Å². The standard InChI is InChI=1S/C11H14F2N2O4S/c1-15(4-3-10(16)19-2)20(17,18)9-6-7(14)5-8(12)11(9)13/h5-6H,3-4,14H2,1-2H3. The number of rotatable bonds is 5. The van der Waals surface area contributed by atoms with Crippen LogP contribution in [0.4, 0.5) is 14.5 Å². The van der Waals surface area contributed by atoms with E-state index in [9.17, 15) is 22.0 Å². The second kappa shape index (κ2) is 6.14. The predicted octanol–water partition coefficient (Wildman–Crippen LogP) is 0.731. The van der Waals surface area contributed by atoms with Crippen molar-refractivity contribution in [2.45, 2.75) is 11.3 Å². The fourth-order valence-corrected chi connectivity index (χ4v) is 2.69. The SMILES string of the molecule is COC(=O)CCN(C)S(=O)(=O)c1cc(N)cc(F)c1F. The van der Waals surface area contributed by atoms with Crippen LogP contribution in [0, 0.1) is 11.6 Å². The van der Waals surface area contributed by atoms with Gasteiger partial charge < -0.3 is 10.5 Å². The second-order valence-corrected chi connectivity index (χ2v) is 5.98. The topological polar surface area (TPSA) is 89.7 Å². The van der Waals surface area contributed by atoms with Crippen molar-refractivity contribution >= 4 is 21.7 Å². The molecule has 0 aliphatic carbocycles. The summed E-state index contributed by atoms with van der Waals surface area (Å²) in [4.78, 5) is 10.1. The first-order valence-electron chi connectivity index (χ1n) is 5.47. The molecule has 112 valence electrons. The normalized spacial score (nSPS) is 11.7. The number of nitrogens with zero attached hydrogens (tertiary/aromatic N) is 1. The van der Waals surface area contributed by atoms with E-state index in [1.807, 2.05) is 0 Å². The van der Waals surface area contributed by atoms with Crippen molar-refractivity contribution < 1.29 is 26.7 Å². The molecule has 0 saturated heterocycles. The molecule has 0 aromatic heterocycles. The van der Waals surface area contributed by atoms with Gasteiger partial charge >= 0.3 is 5.97 Å². The zero-order valence-corrected chi connectivity index (χ0v) is 11.7. The first kappa shape index (κ1) is 16.3. The molecule has 1 rings (SSSR count). The summed E-state index contributed by atoms with van der Waals surface area (Å²) in [5.41, 5.74) is 5.09. The number of carbonyl (C=O) groups excluding carboxylic acids is 1. The number of halogens is 2. The number of carbonyl (C=O) groups is 1. The third-order valence-corrected chi connectivity index (χ3v) is 4.42. The molecule has 0 aliphatic heterocycles. The van der Waals surface area contributed by atoms with E-state index in [1.54, 1.807) is 0 Å². The number of nitrogen functional groups attached to an aromatic ring is 1. The van der Waals surface area contributed by atoms with E-state index in [4.69, 9.17) is 5.73 Å². The minimum atomic E-state index is -4.29. The third-order valence-electron chi connectivity index (χ3n) is 2.56. The van der Waals surface area contributed by atoms with Crippen LogP contribution in [0.15, 0.2) is 17.0 Å². The Morgan fingerprint density at radius 3 is 2.55 bits per heavy atom. The summed E-state index contributed by atoms with van der Waals surface area (Å²) in [5.74, 6) is -3.49. The average molecular weight is 308 g/mol. The fraction of sp³-hybridized carbons (Fsp3) is 0.364. The van der Waals surface area contributed by atoms with Gasteiger partial charge in [-0.2, -0.15) is 0 Å². The summed E-state index contributed by atoms with van der Waals surface area (Å²) in [7, 11) is -1.99. The van der Waals surface area contributed by atoms with Gasteiger partial charge in [0.2, 0.25) is 10.0 Å². The summed E-state index contributed by atoms with van der Waals surface area (Å²) in [6, 6.07) is 1.51. The Morgan fingerprint density at radius 2 is 2.00 bits per heavy atom. The summed E-state index contributed by atoms with van der Waals surface area (Å²) in [6.45, 7) is -0.231. The third kappa shape index (κ3) is 3.42. The van der Waals surface area contributed by atoms with Crippen LogP contribution in [0.5, 0.6) is 0 Å². The van der Waals surface area contributed by atoms with E-state index in [0.29, 0.717) is 6.07 Å². The summed E-state index contributed by atoms with van der Waals surface area (Å²) >= 11 is 0. The Balaban J connectivity index is 3.08. The lowest BCUT2D eigenvalue weighted by Gasteiger charge is -2.17. The van der Waals surface area contributed by atoms with Crippen molar-refractivity contribution in [3.05, 3.63) is 23.8 Å². The predicted molar refractivity (Wildman–Crippen MR) is 67.2 cm³/mol. The zero-order valence-electron chi connectivity index (χ0n) is 10.9. The van der Waals surface area contributed by atoms with E-state index in [-0.39, 0.29) is 18.7 Å². The average Bonchev–Trinajstić information content (AvgIpc) is 2.39. The Kier molecular flexibility index (Phi) is 5.01. The number of nitrogens with two attached hydrogens (primary N) is 1. The van der Waals surface area contributed by atoms with Crippen molar-refractivity contribution in [1.82, 2.24) is 4.31 Å². The lowest BCUT2D eigenvalue weighted by molar-refractivity contribution is -0.140. The van der Waals surface area contributed by atoms with Crippen molar-refractivity contribution in [3.63, 3.8) is 0 Å². The lowest BCUT2D eigenvalue weighted by atomic mass is 10.3. The Labute approximate surface area is 115 Å². The molecule has 0 amide bonds. The maximum absolute atomic E-state index is 13.6. The van der Waals surface area contributed by atoms with Gasteiger partial charge in [0.05, 0.1) is 13.5 Å². The van der Waals surface area contributed by atoms with Gasteiger partial charge in [-0.1, -0.05) is 0 Å². The van der Waals surface area contributed by atoms with Gasteiger partial charge in [-0.25, -0.2) is 21.5 Å². The fourth-order valence-electron chi connectivity index (χ4n) is 1.41. The Morgan fingerprint density at radius 1 is 1.40 bits per heavy atom. The summed E-state index contributed by atoms with van der Waals surface area (Å²) < 4.78 is 56.0. The van der Waals surface area contributed by atoms with E-state index in [2.05, 4.69) is 4.74 Å². The first-order valence-corrected chi connectivity index (χ1v) is 6.91. The largest absolute Gasteiger partial charge is 0.469 e. The summed E-state index contributed by atoms with van der Waals surface area (Å²) in [6.07, 6.45) is -0.210. The zero-order chi connectivity index (χ0) is 15.5. The maximum Gasteiger partial charge on any atom is 0.306 e. The molecule has 1 aromatic carbocycles. The van der Waals surface area contributed by atoms with Crippen LogP contribution in [-0.4, -0.2) is 39.4 Å². The number of benzene rings is 1. The molecule has 20 heavy (non-hydrogen) atoms. The molecule has 0 radical (unpaired) electrons. The van der Waals surface area contributed by atoms with Crippen LogP contribution < -0.4 is 5.73 Å². The molecule has 0 unspecified atom stereocenters. The van der Waals surface area contributed by atoms with Gasteiger partial charge in [0.25, 0.3) is 0 Å². The molecule has 1 aromatic rings. The van der Waals surface area contributed by atoms with Gasteiger partial charge in [0.1, 0.15) is 4.90 Å². The van der Waals surface area contributed by atoms with Gasteiger partial charge in [0.15, 0.2) is 11.6 Å². The molecule has 0 spiro atoms. The molecule has 6 nitrogen and oxygen atoms in total. The van der Waals surface area contributed by atoms with E-state index >= 15 is 0 Å². The Hall–Kier alpha value is -1.74. The molecule has 9 heteroatoms. The lowest BCUT2D eigenvalue weighted by Crippen LogP contribution is -2.30. The highest BCUT2D eigenvalue weighted by atomic mass is 32.2. The number of anilines is 1. The number of hydrogen-bond donors (Lipinski definition) is 1. The summed E-state index contributed by atoms with van der Waals surface area (Å²) in [5, 5.41) is 0. The monoisotopic (exact) mass is 308 g/mol. The van der Waals surface area contributed by atoms with Gasteiger partial charge in [-0.05, 0) is 12.1 Å². The van der Waals surface area contributed by atoms with Crippen LogP contribution in [0.2, 0.25) is 0 Å². The molecule has 0 aliphatic rings. The number of ether oxygens (including phenoxy) is 1. The van der Waals surface area contributed by atoms with Gasteiger partial charge in [0, 0.05) is 19.3 Å². The highest BCUT2D eigenvalue weighted by Crippen LogP contribution is 2.23. The minimum absolute atomic E-state index is 0.210. The quantitative estimate of drug-likeness (QED) is 0.640. The van der Waals surface area contributed by atoms with E-state index in [0.717, 1.165) is 24.5 Å². The second-order valence-electron chi connectivity index (χ2n) is 3.97. The molecular weight excluding hydrogens is 294 g/mol.